The van der Waals surface area contributed by atoms with Crippen LogP contribution in [0, 0.1) is 0 Å². The lowest BCUT2D eigenvalue weighted by atomic mass is 10.2. The molecule has 0 saturated carbocycles. The predicted octanol–water partition coefficient (Wildman–Crippen LogP) is 4.05. The van der Waals surface area contributed by atoms with Crippen molar-refractivity contribution in [1.82, 2.24) is 15.1 Å². The lowest BCUT2D eigenvalue weighted by Gasteiger charge is -2.07. The normalized spacial score (nSPS) is 10.9. The summed E-state index contributed by atoms with van der Waals surface area (Å²) >= 11 is 5.95. The molecule has 0 atom stereocenters. The van der Waals surface area contributed by atoms with E-state index in [1.54, 1.807) is 30.3 Å². The van der Waals surface area contributed by atoms with Gasteiger partial charge in [0, 0.05) is 6.20 Å². The lowest BCUT2D eigenvalue weighted by Crippen LogP contribution is -2.03. The molecule has 0 N–H and O–H groups in total. The molecule has 0 amide bonds. The highest BCUT2D eigenvalue weighted by Crippen LogP contribution is 2.31. The fourth-order valence-corrected chi connectivity index (χ4v) is 2.04. The van der Waals surface area contributed by atoms with Crippen molar-refractivity contribution in [3.05, 3.63) is 47.7 Å². The van der Waals surface area contributed by atoms with Gasteiger partial charge < -0.3 is 9.26 Å². The van der Waals surface area contributed by atoms with Crippen LogP contribution >= 0.6 is 11.6 Å². The summed E-state index contributed by atoms with van der Waals surface area (Å²) in [6.45, 7) is -2.94. The first-order valence-corrected chi connectivity index (χ1v) is 6.52. The molecule has 0 spiro atoms. The third-order valence-electron chi connectivity index (χ3n) is 2.76. The molecule has 112 valence electrons. The Hall–Kier alpha value is -2.54. The van der Waals surface area contributed by atoms with Crippen molar-refractivity contribution in [2.24, 2.45) is 0 Å². The first-order valence-electron chi connectivity index (χ1n) is 6.14. The predicted molar refractivity (Wildman–Crippen MR) is 74.6 cm³/mol. The number of nitrogens with zero attached hydrogens (tertiary/aromatic N) is 3. The molecule has 0 bridgehead atoms. The highest BCUT2D eigenvalue weighted by molar-refractivity contribution is 6.31. The molecular formula is C14H8ClF2N3O2. The van der Waals surface area contributed by atoms with Crippen molar-refractivity contribution >= 4 is 11.6 Å². The van der Waals surface area contributed by atoms with Gasteiger partial charge in [0.1, 0.15) is 10.9 Å². The van der Waals surface area contributed by atoms with Crippen molar-refractivity contribution in [1.29, 1.82) is 0 Å². The molecule has 0 fully saturated rings. The van der Waals surface area contributed by atoms with E-state index in [4.69, 9.17) is 16.1 Å². The van der Waals surface area contributed by atoms with Gasteiger partial charge in [0.25, 0.3) is 5.89 Å². The molecule has 2 heterocycles. The van der Waals surface area contributed by atoms with Crippen LogP contribution in [-0.2, 0) is 0 Å². The van der Waals surface area contributed by atoms with Gasteiger partial charge in [0.2, 0.25) is 5.82 Å². The summed E-state index contributed by atoms with van der Waals surface area (Å²) in [6.07, 6.45) is 1.52. The Morgan fingerprint density at radius 2 is 1.86 bits per heavy atom. The van der Waals surface area contributed by atoms with Gasteiger partial charge in [-0.15, -0.1) is 0 Å². The van der Waals surface area contributed by atoms with Gasteiger partial charge in [0.05, 0.1) is 11.1 Å². The van der Waals surface area contributed by atoms with Crippen LogP contribution in [0.5, 0.6) is 5.75 Å². The highest BCUT2D eigenvalue weighted by atomic mass is 35.5. The molecule has 0 unspecified atom stereocenters. The van der Waals surface area contributed by atoms with Crippen LogP contribution in [0.3, 0.4) is 0 Å². The van der Waals surface area contributed by atoms with Gasteiger partial charge in [0.15, 0.2) is 0 Å². The Bertz CT molecular complexity index is 795. The van der Waals surface area contributed by atoms with Gasteiger partial charge in [-0.3, -0.25) is 0 Å². The van der Waals surface area contributed by atoms with Crippen molar-refractivity contribution in [3.63, 3.8) is 0 Å². The first kappa shape index (κ1) is 14.4. The molecule has 5 nitrogen and oxygen atoms in total. The smallest absolute Gasteiger partial charge is 0.387 e. The summed E-state index contributed by atoms with van der Waals surface area (Å²) in [5.74, 6) is 0.216. The summed E-state index contributed by atoms with van der Waals surface area (Å²) < 4.78 is 34.4. The van der Waals surface area contributed by atoms with Crippen LogP contribution in [-0.4, -0.2) is 21.7 Å². The van der Waals surface area contributed by atoms with E-state index in [1.807, 2.05) is 0 Å². The van der Waals surface area contributed by atoms with Crippen LogP contribution in [0.25, 0.3) is 22.8 Å². The summed E-state index contributed by atoms with van der Waals surface area (Å²) in [5, 5.41) is 3.98. The number of hydrogen-bond acceptors (Lipinski definition) is 5. The number of pyridine rings is 1. The maximum atomic E-state index is 12.4. The number of para-hydroxylation sites is 1. The van der Waals surface area contributed by atoms with Gasteiger partial charge in [-0.1, -0.05) is 28.9 Å². The second-order valence-electron chi connectivity index (χ2n) is 4.14. The molecule has 0 aliphatic rings. The third kappa shape index (κ3) is 2.89. The molecule has 2 aromatic heterocycles. The molecule has 1 aromatic carbocycles. The molecule has 0 radical (unpaired) electrons. The van der Waals surface area contributed by atoms with E-state index in [-0.39, 0.29) is 28.2 Å². The second-order valence-corrected chi connectivity index (χ2v) is 4.50. The standard InChI is InChI=1S/C14H8ClF2N3O2/c15-11-9(5-3-7-18-11)13-19-12(20-22-13)8-4-1-2-6-10(8)21-14(16)17/h1-7,14H. The van der Waals surface area contributed by atoms with Crippen LogP contribution in [0.4, 0.5) is 8.78 Å². The van der Waals surface area contributed by atoms with Crippen LogP contribution in [0.1, 0.15) is 0 Å². The van der Waals surface area contributed by atoms with Crippen molar-refractivity contribution in [2.75, 3.05) is 0 Å². The van der Waals surface area contributed by atoms with Crippen LogP contribution in [0.15, 0.2) is 47.1 Å². The van der Waals surface area contributed by atoms with Crippen molar-refractivity contribution in [3.8, 4) is 28.6 Å². The van der Waals surface area contributed by atoms with Gasteiger partial charge >= 0.3 is 6.61 Å². The maximum Gasteiger partial charge on any atom is 0.387 e. The molecule has 3 rings (SSSR count). The molecular weight excluding hydrogens is 316 g/mol. The summed E-state index contributed by atoms with van der Waals surface area (Å²) in [7, 11) is 0. The van der Waals surface area contributed by atoms with Crippen molar-refractivity contribution < 1.29 is 18.0 Å². The number of rotatable bonds is 4. The van der Waals surface area contributed by atoms with Crippen LogP contribution < -0.4 is 4.74 Å². The van der Waals surface area contributed by atoms with E-state index in [0.717, 1.165) is 0 Å². The molecule has 8 heteroatoms. The van der Waals surface area contributed by atoms with Gasteiger partial charge in [-0.05, 0) is 24.3 Å². The van der Waals surface area contributed by atoms with E-state index in [2.05, 4.69) is 19.9 Å². The average molecular weight is 324 g/mol. The zero-order valence-electron chi connectivity index (χ0n) is 10.9. The van der Waals surface area contributed by atoms with Crippen LogP contribution in [0.2, 0.25) is 5.15 Å². The summed E-state index contributed by atoms with van der Waals surface area (Å²) in [4.78, 5) is 8.06. The Balaban J connectivity index is 2.00. The minimum Gasteiger partial charge on any atom is -0.434 e. The molecule has 3 aromatic rings. The maximum absolute atomic E-state index is 12.4. The highest BCUT2D eigenvalue weighted by Gasteiger charge is 2.18. The van der Waals surface area contributed by atoms with E-state index in [1.165, 1.54) is 12.3 Å². The molecule has 0 saturated heterocycles. The summed E-state index contributed by atoms with van der Waals surface area (Å²) in [5.41, 5.74) is 0.744. The quantitative estimate of drug-likeness (QED) is 0.678. The Kier molecular flexibility index (Phi) is 3.97. The Labute approximate surface area is 128 Å². The SMILES string of the molecule is FC(F)Oc1ccccc1-c1noc(-c2cccnc2Cl)n1. The number of alkyl halides is 2. The van der Waals surface area contributed by atoms with Crippen molar-refractivity contribution in [2.45, 2.75) is 6.61 Å². The second kappa shape index (κ2) is 6.07. The molecule has 22 heavy (non-hydrogen) atoms. The van der Waals surface area contributed by atoms with E-state index >= 15 is 0 Å². The van der Waals surface area contributed by atoms with E-state index < -0.39 is 6.61 Å². The fraction of sp³-hybridized carbons (Fsp3) is 0.0714. The Morgan fingerprint density at radius 1 is 1.09 bits per heavy atom. The van der Waals surface area contributed by atoms with E-state index in [9.17, 15) is 8.78 Å². The lowest BCUT2D eigenvalue weighted by molar-refractivity contribution is -0.0494. The Morgan fingerprint density at radius 3 is 2.64 bits per heavy atom. The average Bonchev–Trinajstić information content (AvgIpc) is 2.97. The number of hydrogen-bond donors (Lipinski definition) is 0. The zero-order chi connectivity index (χ0) is 15.5. The number of ether oxygens (including phenoxy) is 1. The van der Waals surface area contributed by atoms with Gasteiger partial charge in [-0.2, -0.15) is 13.8 Å². The number of benzene rings is 1. The summed E-state index contributed by atoms with van der Waals surface area (Å²) in [6, 6.07) is 9.50. The first-order chi connectivity index (χ1) is 10.6. The molecule has 0 aliphatic heterocycles. The largest absolute Gasteiger partial charge is 0.434 e. The number of aromatic nitrogens is 3. The topological polar surface area (TPSA) is 61.0 Å². The fourth-order valence-electron chi connectivity index (χ4n) is 1.84. The van der Waals surface area contributed by atoms with E-state index in [0.29, 0.717) is 5.56 Å². The minimum atomic E-state index is -2.94. The number of halogens is 3. The molecule has 0 aliphatic carbocycles. The minimum absolute atomic E-state index is 0.0397. The van der Waals surface area contributed by atoms with Gasteiger partial charge in [-0.25, -0.2) is 4.98 Å². The monoisotopic (exact) mass is 323 g/mol. The third-order valence-corrected chi connectivity index (χ3v) is 3.06. The zero-order valence-corrected chi connectivity index (χ0v) is 11.7.